The van der Waals surface area contributed by atoms with Crippen LogP contribution < -0.4 is 0 Å². The van der Waals surface area contributed by atoms with E-state index in [1.165, 1.54) is 24.2 Å². The van der Waals surface area contributed by atoms with Crippen LogP contribution >= 0.6 is 0 Å². The lowest BCUT2D eigenvalue weighted by atomic mass is 9.90. The van der Waals surface area contributed by atoms with E-state index in [4.69, 9.17) is 4.74 Å². The van der Waals surface area contributed by atoms with Crippen LogP contribution in [0.5, 0.6) is 0 Å². The lowest BCUT2D eigenvalue weighted by Gasteiger charge is -2.21. The number of esters is 1. The zero-order valence-electron chi connectivity index (χ0n) is 20.1. The molecule has 2 aromatic heterocycles. The number of alkyl halides is 3. The molecular formula is C27H25F3N4O2. The van der Waals surface area contributed by atoms with Crippen molar-refractivity contribution in [3.8, 4) is 22.5 Å². The molecule has 2 aromatic carbocycles. The minimum atomic E-state index is -4.80. The van der Waals surface area contributed by atoms with E-state index in [-0.39, 0.29) is 17.7 Å². The van der Waals surface area contributed by atoms with E-state index in [1.54, 1.807) is 12.1 Å². The van der Waals surface area contributed by atoms with Gasteiger partial charge in [-0.3, -0.25) is 0 Å². The van der Waals surface area contributed by atoms with Crippen LogP contribution in [0.3, 0.4) is 0 Å². The maximum Gasteiger partial charge on any atom is 0.434 e. The second kappa shape index (κ2) is 8.65. The molecule has 0 amide bonds. The summed E-state index contributed by atoms with van der Waals surface area (Å²) in [4.78, 5) is 12.1. The SMILES string of the molecule is CCOC(=O)c1cnn(-c2cccc(-c3cccc(-n4ncc5c4C(C)(C)CC5)c3)c2)c1C(F)(F)F. The number of benzene rings is 2. The first-order valence-electron chi connectivity index (χ1n) is 11.7. The Morgan fingerprint density at radius 2 is 1.61 bits per heavy atom. The molecule has 9 heteroatoms. The van der Waals surface area contributed by atoms with Crippen molar-refractivity contribution in [2.24, 2.45) is 0 Å². The van der Waals surface area contributed by atoms with Gasteiger partial charge in [0.1, 0.15) is 5.56 Å². The lowest BCUT2D eigenvalue weighted by Crippen LogP contribution is -2.18. The van der Waals surface area contributed by atoms with Gasteiger partial charge in [0.2, 0.25) is 0 Å². The standard InChI is InChI=1S/C27H25F3N4O2/c1-4-36-25(35)22-16-32-34(24(22)27(28,29)30)21-10-6-8-18(14-21)17-7-5-9-20(13-17)33-23-19(15-31-33)11-12-26(23,2)3/h5-10,13-16H,4,11-12H2,1-3H3. The summed E-state index contributed by atoms with van der Waals surface area (Å²) in [7, 11) is 0. The van der Waals surface area contributed by atoms with E-state index in [9.17, 15) is 18.0 Å². The molecule has 0 unspecified atom stereocenters. The molecule has 2 heterocycles. The number of carbonyl (C=O) groups excluding carboxylic acids is 1. The molecule has 1 aliphatic carbocycles. The van der Waals surface area contributed by atoms with Crippen LogP contribution in [0, 0.1) is 0 Å². The monoisotopic (exact) mass is 494 g/mol. The third-order valence-electron chi connectivity index (χ3n) is 6.55. The predicted octanol–water partition coefficient (Wildman–Crippen LogP) is 6.14. The number of halogens is 3. The molecule has 0 atom stereocenters. The van der Waals surface area contributed by atoms with Gasteiger partial charge in [-0.15, -0.1) is 0 Å². The van der Waals surface area contributed by atoms with E-state index in [0.29, 0.717) is 5.56 Å². The molecule has 0 aliphatic heterocycles. The van der Waals surface area contributed by atoms with E-state index >= 15 is 0 Å². The first-order chi connectivity index (χ1) is 17.1. The molecule has 0 fully saturated rings. The Balaban J connectivity index is 1.56. The molecule has 0 saturated carbocycles. The van der Waals surface area contributed by atoms with Crippen LogP contribution in [0.15, 0.2) is 60.9 Å². The highest BCUT2D eigenvalue weighted by Gasteiger charge is 2.41. The van der Waals surface area contributed by atoms with Crippen molar-refractivity contribution in [3.63, 3.8) is 0 Å². The predicted molar refractivity (Wildman–Crippen MR) is 128 cm³/mol. The van der Waals surface area contributed by atoms with Gasteiger partial charge in [0.25, 0.3) is 0 Å². The van der Waals surface area contributed by atoms with Gasteiger partial charge in [-0.1, -0.05) is 38.1 Å². The zero-order valence-corrected chi connectivity index (χ0v) is 20.1. The van der Waals surface area contributed by atoms with Gasteiger partial charge < -0.3 is 4.74 Å². The fourth-order valence-electron chi connectivity index (χ4n) is 4.86. The summed E-state index contributed by atoms with van der Waals surface area (Å²) in [6, 6.07) is 14.4. The van der Waals surface area contributed by atoms with Crippen molar-refractivity contribution in [1.82, 2.24) is 19.6 Å². The summed E-state index contributed by atoms with van der Waals surface area (Å²) < 4.78 is 49.4. The first kappa shape index (κ1) is 23.8. The van der Waals surface area contributed by atoms with Gasteiger partial charge in [0.15, 0.2) is 5.69 Å². The fraction of sp³-hybridized carbons (Fsp3) is 0.296. The zero-order chi connectivity index (χ0) is 25.7. The third-order valence-corrected chi connectivity index (χ3v) is 6.55. The second-order valence-corrected chi connectivity index (χ2v) is 9.45. The van der Waals surface area contributed by atoms with E-state index in [1.807, 2.05) is 41.2 Å². The molecule has 0 bridgehead atoms. The molecule has 0 N–H and O–H groups in total. The maximum atomic E-state index is 14.0. The van der Waals surface area contributed by atoms with Crippen molar-refractivity contribution < 1.29 is 22.7 Å². The Morgan fingerprint density at radius 1 is 1.00 bits per heavy atom. The molecule has 5 rings (SSSR count). The molecule has 0 spiro atoms. The molecule has 0 radical (unpaired) electrons. The van der Waals surface area contributed by atoms with Crippen LogP contribution in [0.1, 0.15) is 54.5 Å². The number of fused-ring (bicyclic) bond motifs is 1. The van der Waals surface area contributed by atoms with E-state index in [2.05, 4.69) is 24.0 Å². The van der Waals surface area contributed by atoms with Crippen LogP contribution in [0.25, 0.3) is 22.5 Å². The molecule has 36 heavy (non-hydrogen) atoms. The largest absolute Gasteiger partial charge is 0.462 e. The maximum absolute atomic E-state index is 14.0. The van der Waals surface area contributed by atoms with Crippen molar-refractivity contribution in [2.45, 2.75) is 45.2 Å². The minimum Gasteiger partial charge on any atom is -0.462 e. The Bertz CT molecular complexity index is 1450. The Kier molecular flexibility index (Phi) is 5.73. The van der Waals surface area contributed by atoms with Crippen molar-refractivity contribution >= 4 is 5.97 Å². The van der Waals surface area contributed by atoms with Gasteiger partial charge in [-0.25, -0.2) is 14.2 Å². The number of rotatable bonds is 5. The highest BCUT2D eigenvalue weighted by molar-refractivity contribution is 5.90. The summed E-state index contributed by atoms with van der Waals surface area (Å²) in [5.41, 5.74) is 3.24. The van der Waals surface area contributed by atoms with Gasteiger partial charge in [-0.05, 0) is 60.7 Å². The Morgan fingerprint density at radius 3 is 2.22 bits per heavy atom. The summed E-state index contributed by atoms with van der Waals surface area (Å²) in [6.07, 6.45) is 0.0508. The van der Waals surface area contributed by atoms with Crippen LogP contribution in [0.4, 0.5) is 13.2 Å². The van der Waals surface area contributed by atoms with E-state index in [0.717, 1.165) is 35.0 Å². The number of ether oxygens (including phenoxy) is 1. The summed E-state index contributed by atoms with van der Waals surface area (Å²) in [5.74, 6) is -1.06. The molecule has 6 nitrogen and oxygen atoms in total. The summed E-state index contributed by atoms with van der Waals surface area (Å²) in [5, 5.41) is 8.50. The summed E-state index contributed by atoms with van der Waals surface area (Å²) in [6.45, 7) is 5.91. The van der Waals surface area contributed by atoms with Crippen LogP contribution in [-0.4, -0.2) is 32.1 Å². The van der Waals surface area contributed by atoms with Gasteiger partial charge >= 0.3 is 12.1 Å². The third kappa shape index (κ3) is 4.08. The smallest absolute Gasteiger partial charge is 0.434 e. The molecule has 186 valence electrons. The van der Waals surface area contributed by atoms with E-state index < -0.39 is 23.4 Å². The second-order valence-electron chi connectivity index (χ2n) is 9.45. The quantitative estimate of drug-likeness (QED) is 0.313. The topological polar surface area (TPSA) is 61.9 Å². The number of aromatic nitrogens is 4. The first-order valence-corrected chi connectivity index (χ1v) is 11.7. The minimum absolute atomic E-state index is 0.00642. The number of carbonyl (C=O) groups is 1. The summed E-state index contributed by atoms with van der Waals surface area (Å²) >= 11 is 0. The van der Waals surface area contributed by atoms with Crippen LogP contribution in [0.2, 0.25) is 0 Å². The lowest BCUT2D eigenvalue weighted by molar-refractivity contribution is -0.143. The van der Waals surface area contributed by atoms with Crippen molar-refractivity contribution in [3.05, 3.63) is 83.4 Å². The fourth-order valence-corrected chi connectivity index (χ4v) is 4.86. The molecular weight excluding hydrogens is 469 g/mol. The highest BCUT2D eigenvalue weighted by atomic mass is 19.4. The molecule has 1 aliphatic rings. The number of aryl methyl sites for hydroxylation is 1. The number of hydrogen-bond acceptors (Lipinski definition) is 4. The Labute approximate surface area is 206 Å². The van der Waals surface area contributed by atoms with Crippen molar-refractivity contribution in [1.29, 1.82) is 0 Å². The van der Waals surface area contributed by atoms with Gasteiger partial charge in [-0.2, -0.15) is 23.4 Å². The number of nitrogens with zero attached hydrogens (tertiary/aromatic N) is 4. The average molecular weight is 495 g/mol. The average Bonchev–Trinajstić information content (AvgIpc) is 3.55. The Hall–Kier alpha value is -3.88. The highest BCUT2D eigenvalue weighted by Crippen LogP contribution is 2.40. The normalized spacial score (nSPS) is 14.6. The molecule has 4 aromatic rings. The van der Waals surface area contributed by atoms with Gasteiger partial charge in [0.05, 0.1) is 36.1 Å². The van der Waals surface area contributed by atoms with Crippen LogP contribution in [-0.2, 0) is 22.7 Å². The van der Waals surface area contributed by atoms with Gasteiger partial charge in [0, 0.05) is 5.41 Å². The van der Waals surface area contributed by atoms with Crippen molar-refractivity contribution in [2.75, 3.05) is 6.61 Å². The number of hydrogen-bond donors (Lipinski definition) is 0. The molecule has 0 saturated heterocycles.